The molecule has 0 fully saturated rings. The van der Waals surface area contributed by atoms with E-state index >= 15 is 0 Å². The Morgan fingerprint density at radius 2 is 2.07 bits per heavy atom. The van der Waals surface area contributed by atoms with Gasteiger partial charge in [0, 0.05) is 6.61 Å². The van der Waals surface area contributed by atoms with Crippen molar-refractivity contribution in [3.63, 3.8) is 0 Å². The Kier molecular flexibility index (Phi) is 3.77. The lowest BCUT2D eigenvalue weighted by atomic mass is 10.1. The molecule has 0 aromatic heterocycles. The number of aliphatic hydroxyl groups is 1. The second-order valence-electron chi connectivity index (χ2n) is 3.29. The van der Waals surface area contributed by atoms with Gasteiger partial charge in [0.2, 0.25) is 0 Å². The van der Waals surface area contributed by atoms with E-state index in [1.807, 2.05) is 13.0 Å². The molecule has 0 saturated carbocycles. The molecule has 0 amide bonds. The molecule has 1 aromatic carbocycles. The van der Waals surface area contributed by atoms with E-state index in [1.54, 1.807) is 6.07 Å². The number of aromatic hydroxyl groups is 1. The maximum Gasteiger partial charge on any atom is 0.161 e. The monoisotopic (exact) mass is 196 g/mol. The van der Waals surface area contributed by atoms with Gasteiger partial charge in [0.05, 0.1) is 7.11 Å². The molecule has 0 aliphatic carbocycles. The first-order valence-corrected chi connectivity index (χ1v) is 4.66. The van der Waals surface area contributed by atoms with E-state index in [-0.39, 0.29) is 12.4 Å². The second kappa shape index (κ2) is 4.86. The van der Waals surface area contributed by atoms with E-state index in [9.17, 15) is 5.11 Å². The van der Waals surface area contributed by atoms with Crippen molar-refractivity contribution in [1.29, 1.82) is 0 Å². The van der Waals surface area contributed by atoms with Crippen LogP contribution in [0.3, 0.4) is 0 Å². The van der Waals surface area contributed by atoms with Crippen molar-refractivity contribution in [3.05, 3.63) is 23.3 Å². The Morgan fingerprint density at radius 3 is 2.64 bits per heavy atom. The lowest BCUT2D eigenvalue weighted by molar-refractivity contribution is 0.288. The highest BCUT2D eigenvalue weighted by atomic mass is 16.5. The predicted molar refractivity (Wildman–Crippen MR) is 54.8 cm³/mol. The molecule has 0 radical (unpaired) electrons. The average Bonchev–Trinajstić information content (AvgIpc) is 2.19. The summed E-state index contributed by atoms with van der Waals surface area (Å²) in [5.74, 6) is 0.693. The molecular formula is C11H16O3. The Balaban J connectivity index is 2.91. The third kappa shape index (κ3) is 2.39. The van der Waals surface area contributed by atoms with E-state index in [2.05, 4.69) is 0 Å². The number of rotatable bonds is 4. The Hall–Kier alpha value is -1.22. The molecule has 0 aliphatic rings. The quantitative estimate of drug-likeness (QED) is 0.769. The molecule has 0 heterocycles. The molecule has 0 bridgehead atoms. The van der Waals surface area contributed by atoms with E-state index in [1.165, 1.54) is 7.11 Å². The van der Waals surface area contributed by atoms with Crippen LogP contribution in [0.4, 0.5) is 0 Å². The van der Waals surface area contributed by atoms with Gasteiger partial charge in [-0.1, -0.05) is 6.07 Å². The van der Waals surface area contributed by atoms with Crippen molar-refractivity contribution in [2.75, 3.05) is 13.7 Å². The van der Waals surface area contributed by atoms with E-state index in [0.717, 1.165) is 24.0 Å². The number of benzene rings is 1. The highest BCUT2D eigenvalue weighted by Gasteiger charge is 2.06. The predicted octanol–water partition coefficient (Wildman–Crippen LogP) is 1.63. The minimum atomic E-state index is 0.183. The molecule has 3 heteroatoms. The lowest BCUT2D eigenvalue weighted by Gasteiger charge is -2.09. The SMILES string of the molecule is COc1cc(CCCO)cc(C)c1O. The van der Waals surface area contributed by atoms with Gasteiger partial charge in [-0.25, -0.2) is 0 Å². The fourth-order valence-electron chi connectivity index (χ4n) is 1.40. The molecular weight excluding hydrogens is 180 g/mol. The van der Waals surface area contributed by atoms with Crippen LogP contribution in [0.25, 0.3) is 0 Å². The summed E-state index contributed by atoms with van der Waals surface area (Å²) in [6.45, 7) is 2.02. The van der Waals surface area contributed by atoms with Crippen LogP contribution in [0.5, 0.6) is 11.5 Å². The molecule has 14 heavy (non-hydrogen) atoms. The summed E-state index contributed by atoms with van der Waals surface area (Å²) in [6, 6.07) is 3.71. The van der Waals surface area contributed by atoms with Crippen LogP contribution in [0, 0.1) is 6.92 Å². The minimum Gasteiger partial charge on any atom is -0.504 e. The number of hydrogen-bond acceptors (Lipinski definition) is 3. The molecule has 78 valence electrons. The molecule has 0 saturated heterocycles. The first kappa shape index (κ1) is 10.9. The number of phenolic OH excluding ortho intramolecular Hbond substituents is 1. The summed E-state index contributed by atoms with van der Waals surface area (Å²) in [7, 11) is 1.53. The fraction of sp³-hybridized carbons (Fsp3) is 0.455. The van der Waals surface area contributed by atoms with Crippen LogP contribution < -0.4 is 4.74 Å². The first-order chi connectivity index (χ1) is 6.69. The van der Waals surface area contributed by atoms with E-state index < -0.39 is 0 Å². The third-order valence-electron chi connectivity index (χ3n) is 2.17. The summed E-state index contributed by atoms with van der Waals surface area (Å²) in [5.41, 5.74) is 1.88. The zero-order chi connectivity index (χ0) is 10.6. The zero-order valence-corrected chi connectivity index (χ0v) is 8.58. The maximum atomic E-state index is 9.57. The van der Waals surface area contributed by atoms with Crippen molar-refractivity contribution in [3.8, 4) is 11.5 Å². The number of aliphatic hydroxyl groups excluding tert-OH is 1. The molecule has 0 spiro atoms. The van der Waals surface area contributed by atoms with Crippen LogP contribution in [-0.4, -0.2) is 23.9 Å². The number of phenols is 1. The summed E-state index contributed by atoms with van der Waals surface area (Å²) in [5, 5.41) is 18.3. The minimum absolute atomic E-state index is 0.183. The number of ether oxygens (including phenoxy) is 1. The number of hydrogen-bond donors (Lipinski definition) is 2. The topological polar surface area (TPSA) is 49.7 Å². The van der Waals surface area contributed by atoms with Gasteiger partial charge in [0.25, 0.3) is 0 Å². The van der Waals surface area contributed by atoms with Crippen molar-refractivity contribution in [1.82, 2.24) is 0 Å². The van der Waals surface area contributed by atoms with Crippen molar-refractivity contribution >= 4 is 0 Å². The lowest BCUT2D eigenvalue weighted by Crippen LogP contribution is -1.93. The van der Waals surface area contributed by atoms with Gasteiger partial charge in [-0.05, 0) is 37.0 Å². The smallest absolute Gasteiger partial charge is 0.161 e. The molecule has 3 nitrogen and oxygen atoms in total. The van der Waals surface area contributed by atoms with Crippen LogP contribution in [0.15, 0.2) is 12.1 Å². The largest absolute Gasteiger partial charge is 0.504 e. The van der Waals surface area contributed by atoms with Gasteiger partial charge in [-0.15, -0.1) is 0 Å². The Morgan fingerprint density at radius 1 is 1.36 bits per heavy atom. The molecule has 0 aliphatic heterocycles. The van der Waals surface area contributed by atoms with Crippen LogP contribution in [0.1, 0.15) is 17.5 Å². The fourth-order valence-corrected chi connectivity index (χ4v) is 1.40. The summed E-state index contributed by atoms with van der Waals surface area (Å²) >= 11 is 0. The van der Waals surface area contributed by atoms with Crippen LogP contribution >= 0.6 is 0 Å². The van der Waals surface area contributed by atoms with Gasteiger partial charge < -0.3 is 14.9 Å². The van der Waals surface area contributed by atoms with Gasteiger partial charge in [-0.2, -0.15) is 0 Å². The summed E-state index contributed by atoms with van der Waals surface area (Å²) in [4.78, 5) is 0. The number of methoxy groups -OCH3 is 1. The molecule has 1 aromatic rings. The van der Waals surface area contributed by atoms with Crippen molar-refractivity contribution < 1.29 is 14.9 Å². The Bertz CT molecular complexity index is 308. The van der Waals surface area contributed by atoms with E-state index in [4.69, 9.17) is 9.84 Å². The third-order valence-corrected chi connectivity index (χ3v) is 2.17. The average molecular weight is 196 g/mol. The molecule has 0 atom stereocenters. The van der Waals surface area contributed by atoms with Gasteiger partial charge >= 0.3 is 0 Å². The van der Waals surface area contributed by atoms with Gasteiger partial charge in [0.1, 0.15) is 0 Å². The molecule has 1 rings (SSSR count). The van der Waals surface area contributed by atoms with Gasteiger partial charge in [0.15, 0.2) is 11.5 Å². The Labute approximate surface area is 84.0 Å². The molecule has 0 unspecified atom stereocenters. The van der Waals surface area contributed by atoms with Crippen LogP contribution in [-0.2, 0) is 6.42 Å². The number of aryl methyl sites for hydroxylation is 2. The molecule has 2 N–H and O–H groups in total. The highest BCUT2D eigenvalue weighted by molar-refractivity contribution is 5.47. The summed E-state index contributed by atoms with van der Waals surface area (Å²) < 4.78 is 5.03. The highest BCUT2D eigenvalue weighted by Crippen LogP contribution is 2.31. The first-order valence-electron chi connectivity index (χ1n) is 4.66. The van der Waals surface area contributed by atoms with Crippen molar-refractivity contribution in [2.24, 2.45) is 0 Å². The zero-order valence-electron chi connectivity index (χ0n) is 8.58. The normalized spacial score (nSPS) is 10.2. The second-order valence-corrected chi connectivity index (χ2v) is 3.29. The van der Waals surface area contributed by atoms with Crippen LogP contribution in [0.2, 0.25) is 0 Å². The summed E-state index contributed by atoms with van der Waals surface area (Å²) in [6.07, 6.45) is 1.53. The van der Waals surface area contributed by atoms with Gasteiger partial charge in [-0.3, -0.25) is 0 Å². The van der Waals surface area contributed by atoms with Crippen molar-refractivity contribution in [2.45, 2.75) is 19.8 Å². The maximum absolute atomic E-state index is 9.57. The standard InChI is InChI=1S/C11H16O3/c1-8-6-9(4-3-5-12)7-10(14-2)11(8)13/h6-7,12-13H,3-5H2,1-2H3. The van der Waals surface area contributed by atoms with E-state index in [0.29, 0.717) is 5.75 Å².